The van der Waals surface area contributed by atoms with Gasteiger partial charge in [-0.2, -0.15) is 0 Å². The molecular formula is C19H26N4O3S. The first-order chi connectivity index (χ1) is 12.8. The lowest BCUT2D eigenvalue weighted by molar-refractivity contribution is 0.109. The number of nitrogens with zero attached hydrogens (tertiary/aromatic N) is 3. The number of sulfonamides is 1. The molecule has 0 aliphatic carbocycles. The fraction of sp³-hybridized carbons (Fsp3) is 0.421. The van der Waals surface area contributed by atoms with E-state index in [2.05, 4.69) is 26.4 Å². The number of anilines is 2. The largest absolute Gasteiger partial charge is 0.387 e. The van der Waals surface area contributed by atoms with E-state index in [0.29, 0.717) is 12.2 Å². The Kier molecular flexibility index (Phi) is 5.98. The van der Waals surface area contributed by atoms with Crippen LogP contribution in [0.3, 0.4) is 0 Å². The number of nitrogens with one attached hydrogen (secondary N) is 1. The molecule has 1 unspecified atom stereocenters. The third kappa shape index (κ3) is 5.41. The lowest BCUT2D eigenvalue weighted by atomic mass is 10.1. The van der Waals surface area contributed by atoms with Gasteiger partial charge in [0.25, 0.3) is 0 Å². The quantitative estimate of drug-likeness (QED) is 0.780. The molecule has 2 heterocycles. The maximum absolute atomic E-state index is 11.3. The lowest BCUT2D eigenvalue weighted by Gasteiger charge is -2.37. The molecule has 1 fully saturated rings. The van der Waals surface area contributed by atoms with Gasteiger partial charge < -0.3 is 10.0 Å². The number of pyridine rings is 1. The molecule has 0 saturated carbocycles. The number of piperazine rings is 1. The standard InChI is InChI=1S/C19H26N4O3S/c1-15-13-20-8-7-18(15)23-11-9-22(10-12-23)14-19(24)16-3-5-17(6-4-16)21-27(2,25)26/h3-8,13,19,21,24H,9-12,14H2,1-2H3. The smallest absolute Gasteiger partial charge is 0.229 e. The van der Waals surface area contributed by atoms with Crippen molar-refractivity contribution >= 4 is 21.4 Å². The van der Waals surface area contributed by atoms with Gasteiger partial charge in [-0.05, 0) is 36.2 Å². The molecule has 2 aromatic rings. The lowest BCUT2D eigenvalue weighted by Crippen LogP contribution is -2.47. The van der Waals surface area contributed by atoms with E-state index in [1.165, 1.54) is 11.3 Å². The van der Waals surface area contributed by atoms with Crippen molar-refractivity contribution in [3.8, 4) is 0 Å². The molecule has 146 valence electrons. The monoisotopic (exact) mass is 390 g/mol. The molecule has 27 heavy (non-hydrogen) atoms. The summed E-state index contributed by atoms with van der Waals surface area (Å²) in [6.45, 7) is 6.21. The molecular weight excluding hydrogens is 364 g/mol. The summed E-state index contributed by atoms with van der Waals surface area (Å²) < 4.78 is 24.9. The molecule has 3 rings (SSSR count). The number of benzene rings is 1. The highest BCUT2D eigenvalue weighted by atomic mass is 32.2. The summed E-state index contributed by atoms with van der Waals surface area (Å²) in [4.78, 5) is 8.75. The van der Waals surface area contributed by atoms with Crippen LogP contribution in [0.2, 0.25) is 0 Å². The van der Waals surface area contributed by atoms with E-state index < -0.39 is 16.1 Å². The molecule has 1 aliphatic rings. The van der Waals surface area contributed by atoms with Gasteiger partial charge in [0.2, 0.25) is 10.0 Å². The summed E-state index contributed by atoms with van der Waals surface area (Å²) in [7, 11) is -3.29. The minimum Gasteiger partial charge on any atom is -0.387 e. The van der Waals surface area contributed by atoms with Gasteiger partial charge in [-0.1, -0.05) is 12.1 Å². The first-order valence-electron chi connectivity index (χ1n) is 8.95. The third-order valence-electron chi connectivity index (χ3n) is 4.73. The van der Waals surface area contributed by atoms with E-state index in [1.807, 2.05) is 18.5 Å². The number of aryl methyl sites for hydroxylation is 1. The van der Waals surface area contributed by atoms with Crippen molar-refractivity contribution < 1.29 is 13.5 Å². The van der Waals surface area contributed by atoms with Crippen molar-refractivity contribution in [1.82, 2.24) is 9.88 Å². The molecule has 0 spiro atoms. The second kappa shape index (κ2) is 8.24. The van der Waals surface area contributed by atoms with Gasteiger partial charge >= 0.3 is 0 Å². The molecule has 2 N–H and O–H groups in total. The van der Waals surface area contributed by atoms with Gasteiger partial charge in [-0.25, -0.2) is 8.42 Å². The zero-order chi connectivity index (χ0) is 19.4. The van der Waals surface area contributed by atoms with Gasteiger partial charge in [0.1, 0.15) is 0 Å². The van der Waals surface area contributed by atoms with E-state index in [4.69, 9.17) is 0 Å². The van der Waals surface area contributed by atoms with Crippen LogP contribution < -0.4 is 9.62 Å². The molecule has 1 aliphatic heterocycles. The normalized spacial score (nSPS) is 16.9. The van der Waals surface area contributed by atoms with Gasteiger partial charge in [0, 0.05) is 56.5 Å². The van der Waals surface area contributed by atoms with Crippen LogP contribution in [0.15, 0.2) is 42.7 Å². The minimum absolute atomic E-state index is 0.495. The number of β-amino-alcohol motifs (C(OH)–C–C–N with tert-alkyl or cyclic N) is 1. The summed E-state index contributed by atoms with van der Waals surface area (Å²) in [6, 6.07) is 8.91. The number of aromatic nitrogens is 1. The Hall–Kier alpha value is -2.16. The second-order valence-corrected chi connectivity index (χ2v) is 8.71. The van der Waals surface area contributed by atoms with Crippen LogP contribution >= 0.6 is 0 Å². The van der Waals surface area contributed by atoms with Gasteiger partial charge in [0.05, 0.1) is 12.4 Å². The van der Waals surface area contributed by atoms with Crippen LogP contribution in [0, 0.1) is 6.92 Å². The van der Waals surface area contributed by atoms with Crippen LogP contribution in [0.4, 0.5) is 11.4 Å². The predicted octanol–water partition coefficient (Wildman–Crippen LogP) is 1.62. The highest BCUT2D eigenvalue weighted by molar-refractivity contribution is 7.92. The summed E-state index contributed by atoms with van der Waals surface area (Å²) in [5, 5.41) is 10.5. The molecule has 0 bridgehead atoms. The van der Waals surface area contributed by atoms with E-state index in [-0.39, 0.29) is 0 Å². The van der Waals surface area contributed by atoms with Crippen molar-refractivity contribution in [3.63, 3.8) is 0 Å². The number of hydrogen-bond donors (Lipinski definition) is 2. The number of rotatable bonds is 6. The van der Waals surface area contributed by atoms with Crippen LogP contribution in [-0.2, 0) is 10.0 Å². The van der Waals surface area contributed by atoms with Gasteiger partial charge in [-0.15, -0.1) is 0 Å². The molecule has 0 amide bonds. The van der Waals surface area contributed by atoms with E-state index in [1.54, 1.807) is 24.3 Å². The fourth-order valence-electron chi connectivity index (χ4n) is 3.33. The number of hydrogen-bond acceptors (Lipinski definition) is 6. The first kappa shape index (κ1) is 19.6. The third-order valence-corrected chi connectivity index (χ3v) is 5.34. The molecule has 1 aromatic carbocycles. The first-order valence-corrected chi connectivity index (χ1v) is 10.8. The second-order valence-electron chi connectivity index (χ2n) is 6.96. The van der Waals surface area contributed by atoms with Crippen LogP contribution in [-0.4, -0.2) is 62.4 Å². The van der Waals surface area contributed by atoms with Crippen molar-refractivity contribution in [1.29, 1.82) is 0 Å². The Morgan fingerprint density at radius 3 is 2.41 bits per heavy atom. The van der Waals surface area contributed by atoms with Crippen LogP contribution in [0.5, 0.6) is 0 Å². The van der Waals surface area contributed by atoms with Crippen molar-refractivity contribution in [3.05, 3.63) is 53.9 Å². The topological polar surface area (TPSA) is 85.8 Å². The average molecular weight is 391 g/mol. The summed E-state index contributed by atoms with van der Waals surface area (Å²) in [5.41, 5.74) is 3.67. The zero-order valence-corrected chi connectivity index (χ0v) is 16.5. The van der Waals surface area contributed by atoms with E-state index in [0.717, 1.165) is 38.0 Å². The average Bonchev–Trinajstić information content (AvgIpc) is 2.62. The maximum atomic E-state index is 11.3. The van der Waals surface area contributed by atoms with E-state index >= 15 is 0 Å². The summed E-state index contributed by atoms with van der Waals surface area (Å²) in [6.07, 6.45) is 4.21. The Balaban J connectivity index is 1.53. The van der Waals surface area contributed by atoms with Crippen LogP contribution in [0.1, 0.15) is 17.2 Å². The highest BCUT2D eigenvalue weighted by Crippen LogP contribution is 2.22. The Morgan fingerprint density at radius 1 is 1.15 bits per heavy atom. The number of aliphatic hydroxyl groups excluding tert-OH is 1. The van der Waals surface area contributed by atoms with Crippen molar-refractivity contribution in [2.75, 3.05) is 48.6 Å². The number of aliphatic hydroxyl groups is 1. The minimum atomic E-state index is -3.29. The van der Waals surface area contributed by atoms with E-state index in [9.17, 15) is 13.5 Å². The Morgan fingerprint density at radius 2 is 1.81 bits per heavy atom. The fourth-order valence-corrected chi connectivity index (χ4v) is 3.89. The molecule has 1 atom stereocenters. The highest BCUT2D eigenvalue weighted by Gasteiger charge is 2.21. The predicted molar refractivity (Wildman–Crippen MR) is 107 cm³/mol. The molecule has 0 radical (unpaired) electrons. The molecule has 7 nitrogen and oxygen atoms in total. The summed E-state index contributed by atoms with van der Waals surface area (Å²) >= 11 is 0. The van der Waals surface area contributed by atoms with Crippen molar-refractivity contribution in [2.45, 2.75) is 13.0 Å². The van der Waals surface area contributed by atoms with Gasteiger partial charge in [-0.3, -0.25) is 14.6 Å². The molecule has 8 heteroatoms. The molecule has 1 saturated heterocycles. The summed E-state index contributed by atoms with van der Waals surface area (Å²) in [5.74, 6) is 0. The zero-order valence-electron chi connectivity index (χ0n) is 15.7. The van der Waals surface area contributed by atoms with Crippen LogP contribution in [0.25, 0.3) is 0 Å². The Labute approximate surface area is 160 Å². The Bertz CT molecular complexity index is 863. The maximum Gasteiger partial charge on any atom is 0.229 e. The van der Waals surface area contributed by atoms with Crippen molar-refractivity contribution in [2.24, 2.45) is 0 Å². The van der Waals surface area contributed by atoms with Gasteiger partial charge in [0.15, 0.2) is 0 Å². The SMILES string of the molecule is Cc1cnccc1N1CCN(CC(O)c2ccc(NS(C)(=O)=O)cc2)CC1. The molecule has 1 aromatic heterocycles.